The maximum atomic E-state index is 13.4. The SMILES string of the molecule is N[C@@H]1CCCCc2c(F)ccc(F)c21. The van der Waals surface area contributed by atoms with Crippen molar-refractivity contribution in [2.75, 3.05) is 0 Å². The fourth-order valence-corrected chi connectivity index (χ4v) is 2.07. The van der Waals surface area contributed by atoms with Gasteiger partial charge in [-0.2, -0.15) is 0 Å². The minimum atomic E-state index is -0.365. The van der Waals surface area contributed by atoms with Gasteiger partial charge in [0, 0.05) is 11.6 Å². The lowest BCUT2D eigenvalue weighted by molar-refractivity contribution is 0.547. The molecule has 2 rings (SSSR count). The number of benzene rings is 1. The summed E-state index contributed by atoms with van der Waals surface area (Å²) in [4.78, 5) is 0. The first kappa shape index (κ1) is 9.59. The van der Waals surface area contributed by atoms with Crippen LogP contribution in [0.3, 0.4) is 0 Å². The predicted octanol–water partition coefficient (Wildman–Crippen LogP) is 2.69. The number of hydrogen-bond donors (Lipinski definition) is 1. The van der Waals surface area contributed by atoms with Crippen LogP contribution in [0.5, 0.6) is 0 Å². The molecule has 1 aliphatic rings. The molecule has 1 aromatic carbocycles. The quantitative estimate of drug-likeness (QED) is 0.636. The van der Waals surface area contributed by atoms with E-state index in [0.717, 1.165) is 19.3 Å². The third kappa shape index (κ3) is 1.52. The molecule has 0 spiro atoms. The Morgan fingerprint density at radius 1 is 1.14 bits per heavy atom. The number of nitrogens with two attached hydrogens (primary N) is 1. The maximum Gasteiger partial charge on any atom is 0.128 e. The second-order valence-electron chi connectivity index (χ2n) is 3.77. The monoisotopic (exact) mass is 197 g/mol. The summed E-state index contributed by atoms with van der Waals surface area (Å²) in [5.41, 5.74) is 6.68. The van der Waals surface area contributed by atoms with Crippen molar-refractivity contribution < 1.29 is 8.78 Å². The molecule has 0 amide bonds. The highest BCUT2D eigenvalue weighted by Gasteiger charge is 2.21. The van der Waals surface area contributed by atoms with Crippen LogP contribution in [0.15, 0.2) is 12.1 Å². The Balaban J connectivity index is 2.57. The van der Waals surface area contributed by atoms with Crippen LogP contribution in [-0.4, -0.2) is 0 Å². The molecule has 0 saturated carbocycles. The van der Waals surface area contributed by atoms with E-state index in [0.29, 0.717) is 17.5 Å². The van der Waals surface area contributed by atoms with Gasteiger partial charge in [0.05, 0.1) is 0 Å². The third-order valence-electron chi connectivity index (χ3n) is 2.81. The van der Waals surface area contributed by atoms with Gasteiger partial charge in [-0.15, -0.1) is 0 Å². The van der Waals surface area contributed by atoms with E-state index >= 15 is 0 Å². The molecule has 1 aliphatic carbocycles. The molecular weight excluding hydrogens is 184 g/mol. The van der Waals surface area contributed by atoms with Crippen LogP contribution >= 0.6 is 0 Å². The summed E-state index contributed by atoms with van der Waals surface area (Å²) in [6, 6.07) is 2.01. The average molecular weight is 197 g/mol. The normalized spacial score (nSPS) is 21.5. The number of fused-ring (bicyclic) bond motifs is 1. The van der Waals surface area contributed by atoms with Gasteiger partial charge in [-0.1, -0.05) is 6.42 Å². The molecule has 0 saturated heterocycles. The molecule has 0 aromatic heterocycles. The van der Waals surface area contributed by atoms with Crippen molar-refractivity contribution in [3.05, 3.63) is 34.9 Å². The largest absolute Gasteiger partial charge is 0.324 e. The van der Waals surface area contributed by atoms with Crippen molar-refractivity contribution >= 4 is 0 Å². The highest BCUT2D eigenvalue weighted by Crippen LogP contribution is 2.30. The van der Waals surface area contributed by atoms with Crippen molar-refractivity contribution in [1.82, 2.24) is 0 Å². The lowest BCUT2D eigenvalue weighted by atomic mass is 9.98. The molecule has 76 valence electrons. The number of rotatable bonds is 0. The first-order chi connectivity index (χ1) is 6.70. The van der Waals surface area contributed by atoms with E-state index in [9.17, 15) is 8.78 Å². The summed E-state index contributed by atoms with van der Waals surface area (Å²) in [5, 5.41) is 0. The zero-order valence-corrected chi connectivity index (χ0v) is 7.89. The second kappa shape index (κ2) is 3.65. The van der Waals surface area contributed by atoms with Crippen molar-refractivity contribution in [3.8, 4) is 0 Å². The molecule has 0 unspecified atom stereocenters. The molecule has 1 nitrogen and oxygen atoms in total. The highest BCUT2D eigenvalue weighted by atomic mass is 19.1. The van der Waals surface area contributed by atoms with Gasteiger partial charge in [-0.25, -0.2) is 8.78 Å². The fraction of sp³-hybridized carbons (Fsp3) is 0.455. The molecule has 3 heteroatoms. The first-order valence-corrected chi connectivity index (χ1v) is 4.92. The van der Waals surface area contributed by atoms with Gasteiger partial charge in [-0.05, 0) is 37.0 Å². The van der Waals surface area contributed by atoms with Crippen LogP contribution in [-0.2, 0) is 6.42 Å². The van der Waals surface area contributed by atoms with Crippen molar-refractivity contribution in [1.29, 1.82) is 0 Å². The minimum Gasteiger partial charge on any atom is -0.324 e. The van der Waals surface area contributed by atoms with Gasteiger partial charge in [0.2, 0.25) is 0 Å². The Kier molecular flexibility index (Phi) is 2.50. The van der Waals surface area contributed by atoms with Crippen molar-refractivity contribution in [2.24, 2.45) is 5.73 Å². The van der Waals surface area contributed by atoms with Crippen LogP contribution in [0.25, 0.3) is 0 Å². The van der Waals surface area contributed by atoms with E-state index in [2.05, 4.69) is 0 Å². The Hall–Kier alpha value is -0.960. The predicted molar refractivity (Wildman–Crippen MR) is 50.8 cm³/mol. The van der Waals surface area contributed by atoms with E-state index < -0.39 is 0 Å². The molecule has 2 N–H and O–H groups in total. The molecule has 0 heterocycles. The Labute approximate surface area is 81.9 Å². The summed E-state index contributed by atoms with van der Waals surface area (Å²) >= 11 is 0. The third-order valence-corrected chi connectivity index (χ3v) is 2.81. The molecule has 0 bridgehead atoms. The average Bonchev–Trinajstić information content (AvgIpc) is 2.35. The summed E-state index contributed by atoms with van der Waals surface area (Å²) < 4.78 is 26.8. The number of hydrogen-bond acceptors (Lipinski definition) is 1. The van der Waals surface area contributed by atoms with Crippen LogP contribution in [0.4, 0.5) is 8.78 Å². The number of halogens is 2. The molecule has 1 atom stereocenters. The van der Waals surface area contributed by atoms with Crippen molar-refractivity contribution in [2.45, 2.75) is 31.7 Å². The molecule has 14 heavy (non-hydrogen) atoms. The molecule has 1 aromatic rings. The van der Waals surface area contributed by atoms with E-state index in [1.54, 1.807) is 0 Å². The van der Waals surface area contributed by atoms with E-state index in [4.69, 9.17) is 5.73 Å². The zero-order chi connectivity index (χ0) is 10.1. The Bertz CT molecular complexity index is 349. The summed E-state index contributed by atoms with van der Waals surface area (Å²) in [6.07, 6.45) is 3.18. The smallest absolute Gasteiger partial charge is 0.128 e. The van der Waals surface area contributed by atoms with E-state index in [1.165, 1.54) is 12.1 Å². The van der Waals surface area contributed by atoms with Crippen LogP contribution < -0.4 is 5.73 Å². The molecule has 0 radical (unpaired) electrons. The lowest BCUT2D eigenvalue weighted by Crippen LogP contribution is -2.13. The van der Waals surface area contributed by atoms with E-state index in [1.807, 2.05) is 0 Å². The summed E-state index contributed by atoms with van der Waals surface area (Å²) in [7, 11) is 0. The Morgan fingerprint density at radius 2 is 1.86 bits per heavy atom. The van der Waals surface area contributed by atoms with Crippen molar-refractivity contribution in [3.63, 3.8) is 0 Å². The standard InChI is InChI=1S/C11H13F2N/c12-8-5-6-9(13)11-7(8)3-1-2-4-10(11)14/h5-6,10H,1-4,14H2/t10-/m1/s1. The van der Waals surface area contributed by atoms with Crippen LogP contribution in [0, 0.1) is 11.6 Å². The molecular formula is C11H13F2N. The van der Waals surface area contributed by atoms with Gasteiger partial charge in [0.1, 0.15) is 11.6 Å². The molecule has 0 aliphatic heterocycles. The fourth-order valence-electron chi connectivity index (χ4n) is 2.07. The zero-order valence-electron chi connectivity index (χ0n) is 7.89. The van der Waals surface area contributed by atoms with Crippen LogP contribution in [0.2, 0.25) is 0 Å². The molecule has 0 fully saturated rings. The van der Waals surface area contributed by atoms with Gasteiger partial charge in [0.25, 0.3) is 0 Å². The maximum absolute atomic E-state index is 13.4. The van der Waals surface area contributed by atoms with Gasteiger partial charge in [-0.3, -0.25) is 0 Å². The van der Waals surface area contributed by atoms with Gasteiger partial charge >= 0.3 is 0 Å². The highest BCUT2D eigenvalue weighted by molar-refractivity contribution is 5.33. The van der Waals surface area contributed by atoms with Crippen LogP contribution in [0.1, 0.15) is 36.4 Å². The van der Waals surface area contributed by atoms with E-state index in [-0.39, 0.29) is 17.7 Å². The topological polar surface area (TPSA) is 26.0 Å². The van der Waals surface area contributed by atoms with Gasteiger partial charge in [0.15, 0.2) is 0 Å². The first-order valence-electron chi connectivity index (χ1n) is 4.92. The Morgan fingerprint density at radius 3 is 2.64 bits per heavy atom. The minimum absolute atomic E-state index is 0.321. The second-order valence-corrected chi connectivity index (χ2v) is 3.77. The lowest BCUT2D eigenvalue weighted by Gasteiger charge is -2.13. The summed E-state index contributed by atoms with van der Waals surface area (Å²) in [5.74, 6) is -0.686. The van der Waals surface area contributed by atoms with Gasteiger partial charge < -0.3 is 5.73 Å². The summed E-state index contributed by atoms with van der Waals surface area (Å²) in [6.45, 7) is 0.